The summed E-state index contributed by atoms with van der Waals surface area (Å²) in [5, 5.41) is 0.567. The molecule has 4 nitrogen and oxygen atoms in total. The van der Waals surface area contributed by atoms with Crippen LogP contribution in [0.5, 0.6) is 11.5 Å². The molecule has 0 aliphatic carbocycles. The van der Waals surface area contributed by atoms with E-state index in [1.54, 1.807) is 43.3 Å². The molecule has 0 radical (unpaired) electrons. The number of ketones is 1. The van der Waals surface area contributed by atoms with Gasteiger partial charge in [0.25, 0.3) is 0 Å². The molecule has 28 heavy (non-hydrogen) atoms. The Morgan fingerprint density at radius 1 is 0.821 bits per heavy atom. The van der Waals surface area contributed by atoms with Crippen molar-refractivity contribution in [2.75, 3.05) is 0 Å². The van der Waals surface area contributed by atoms with Gasteiger partial charge in [0, 0.05) is 16.1 Å². The zero-order valence-corrected chi connectivity index (χ0v) is 15.7. The van der Waals surface area contributed by atoms with Gasteiger partial charge in [0.2, 0.25) is 0 Å². The van der Waals surface area contributed by atoms with E-state index in [0.717, 1.165) is 0 Å². The summed E-state index contributed by atoms with van der Waals surface area (Å²) < 4.78 is 23.8. The van der Waals surface area contributed by atoms with Crippen LogP contribution in [0.25, 0.3) is 0 Å². The average Bonchev–Trinajstić information content (AvgIpc) is 2.70. The summed E-state index contributed by atoms with van der Waals surface area (Å²) in [7, 11) is 0. The summed E-state index contributed by atoms with van der Waals surface area (Å²) in [6.45, 7) is 1.57. The van der Waals surface area contributed by atoms with Gasteiger partial charge in [-0.15, -0.1) is 0 Å². The molecule has 3 rings (SSSR count). The van der Waals surface area contributed by atoms with Gasteiger partial charge in [0.15, 0.2) is 11.9 Å². The van der Waals surface area contributed by atoms with Crippen molar-refractivity contribution in [3.63, 3.8) is 0 Å². The Morgan fingerprint density at radius 2 is 1.32 bits per heavy atom. The standard InChI is InChI=1S/C22H16ClFO4/c1-14(27-19-12-6-17(23)7-13-19)22(26)28-20-10-4-16(5-11-20)21(25)15-2-8-18(24)9-3-15/h2-14H,1H3/t14-/m1/s1. The van der Waals surface area contributed by atoms with E-state index in [1.807, 2.05) is 0 Å². The van der Waals surface area contributed by atoms with Crippen LogP contribution >= 0.6 is 11.6 Å². The lowest BCUT2D eigenvalue weighted by Gasteiger charge is -2.14. The van der Waals surface area contributed by atoms with Gasteiger partial charge in [-0.3, -0.25) is 4.79 Å². The van der Waals surface area contributed by atoms with Gasteiger partial charge in [-0.2, -0.15) is 0 Å². The van der Waals surface area contributed by atoms with Crippen molar-refractivity contribution in [2.45, 2.75) is 13.0 Å². The number of esters is 1. The maximum absolute atomic E-state index is 13.0. The lowest BCUT2D eigenvalue weighted by molar-refractivity contribution is -0.141. The lowest BCUT2D eigenvalue weighted by atomic mass is 10.0. The molecule has 0 saturated carbocycles. The predicted octanol–water partition coefficient (Wildman–Crippen LogP) is 5.08. The molecule has 0 N–H and O–H groups in total. The number of hydrogen-bond donors (Lipinski definition) is 0. The van der Waals surface area contributed by atoms with Gasteiger partial charge in [0.05, 0.1) is 0 Å². The van der Waals surface area contributed by atoms with Crippen molar-refractivity contribution >= 4 is 23.4 Å². The van der Waals surface area contributed by atoms with Crippen LogP contribution in [-0.2, 0) is 4.79 Å². The number of halogens is 2. The lowest BCUT2D eigenvalue weighted by Crippen LogP contribution is -2.28. The minimum atomic E-state index is -0.832. The third-order valence-corrected chi connectivity index (χ3v) is 4.15. The third kappa shape index (κ3) is 4.96. The largest absolute Gasteiger partial charge is 0.479 e. The number of ether oxygens (including phenoxy) is 2. The summed E-state index contributed by atoms with van der Waals surface area (Å²) in [4.78, 5) is 24.5. The molecule has 0 fully saturated rings. The van der Waals surface area contributed by atoms with E-state index in [0.29, 0.717) is 21.9 Å². The smallest absolute Gasteiger partial charge is 0.352 e. The van der Waals surface area contributed by atoms with Crippen LogP contribution < -0.4 is 9.47 Å². The van der Waals surface area contributed by atoms with E-state index in [9.17, 15) is 14.0 Å². The van der Waals surface area contributed by atoms with Gasteiger partial charge in [0.1, 0.15) is 17.3 Å². The Hall–Kier alpha value is -3.18. The topological polar surface area (TPSA) is 52.6 Å². The fraction of sp³-hybridized carbons (Fsp3) is 0.0909. The highest BCUT2D eigenvalue weighted by molar-refractivity contribution is 6.30. The second-order valence-corrected chi connectivity index (χ2v) is 6.43. The zero-order valence-electron chi connectivity index (χ0n) is 14.9. The molecule has 0 aliphatic rings. The van der Waals surface area contributed by atoms with Crippen LogP contribution in [-0.4, -0.2) is 17.9 Å². The van der Waals surface area contributed by atoms with Crippen molar-refractivity contribution in [1.29, 1.82) is 0 Å². The first kappa shape index (κ1) is 19.6. The first-order valence-corrected chi connectivity index (χ1v) is 8.84. The number of carbonyl (C=O) groups is 2. The molecule has 0 aliphatic heterocycles. The van der Waals surface area contributed by atoms with Gasteiger partial charge in [-0.1, -0.05) is 11.6 Å². The minimum Gasteiger partial charge on any atom is -0.479 e. The van der Waals surface area contributed by atoms with Crippen molar-refractivity contribution in [1.82, 2.24) is 0 Å². The van der Waals surface area contributed by atoms with Crippen LogP contribution in [0.4, 0.5) is 4.39 Å². The monoisotopic (exact) mass is 398 g/mol. The number of rotatable bonds is 6. The maximum atomic E-state index is 13.0. The predicted molar refractivity (Wildman–Crippen MR) is 103 cm³/mol. The Labute approximate surface area is 166 Å². The van der Waals surface area contributed by atoms with E-state index < -0.39 is 17.9 Å². The SMILES string of the molecule is C[C@@H](Oc1ccc(Cl)cc1)C(=O)Oc1ccc(C(=O)c2ccc(F)cc2)cc1. The van der Waals surface area contributed by atoms with Crippen LogP contribution in [0.1, 0.15) is 22.8 Å². The zero-order chi connectivity index (χ0) is 20.1. The molecule has 0 bridgehead atoms. The average molecular weight is 399 g/mol. The molecule has 3 aromatic carbocycles. The highest BCUT2D eigenvalue weighted by Crippen LogP contribution is 2.19. The highest BCUT2D eigenvalue weighted by atomic mass is 35.5. The van der Waals surface area contributed by atoms with Crippen LogP contribution in [0.2, 0.25) is 5.02 Å². The molecule has 0 heterocycles. The molecular weight excluding hydrogens is 383 g/mol. The molecule has 0 spiro atoms. The fourth-order valence-corrected chi connectivity index (χ4v) is 2.53. The van der Waals surface area contributed by atoms with E-state index in [-0.39, 0.29) is 11.5 Å². The van der Waals surface area contributed by atoms with Crippen LogP contribution in [0.3, 0.4) is 0 Å². The summed E-state index contributed by atoms with van der Waals surface area (Å²) in [6.07, 6.45) is -0.832. The molecule has 142 valence electrons. The molecule has 0 unspecified atom stereocenters. The van der Waals surface area contributed by atoms with E-state index >= 15 is 0 Å². The second-order valence-electron chi connectivity index (χ2n) is 6.00. The Morgan fingerprint density at radius 3 is 1.89 bits per heavy atom. The minimum absolute atomic E-state index is 0.252. The summed E-state index contributed by atoms with van der Waals surface area (Å²) in [5.41, 5.74) is 0.771. The van der Waals surface area contributed by atoms with Crippen LogP contribution in [0, 0.1) is 5.82 Å². The molecule has 0 aromatic heterocycles. The maximum Gasteiger partial charge on any atom is 0.352 e. The molecule has 6 heteroatoms. The molecule has 0 amide bonds. The van der Waals surface area contributed by atoms with Gasteiger partial charge in [-0.05, 0) is 79.7 Å². The van der Waals surface area contributed by atoms with Gasteiger partial charge >= 0.3 is 5.97 Å². The molecule has 0 saturated heterocycles. The second kappa shape index (κ2) is 8.67. The molecule has 1 atom stereocenters. The first-order chi connectivity index (χ1) is 13.4. The Bertz CT molecular complexity index is 967. The number of carbonyl (C=O) groups excluding carboxylic acids is 2. The van der Waals surface area contributed by atoms with Crippen molar-refractivity contribution in [3.05, 3.63) is 94.8 Å². The van der Waals surface area contributed by atoms with Gasteiger partial charge in [-0.25, -0.2) is 9.18 Å². The van der Waals surface area contributed by atoms with Crippen molar-refractivity contribution in [3.8, 4) is 11.5 Å². The summed E-state index contributed by atoms with van der Waals surface area (Å²) in [6, 6.07) is 18.0. The highest BCUT2D eigenvalue weighted by Gasteiger charge is 2.18. The van der Waals surface area contributed by atoms with Crippen LogP contribution in [0.15, 0.2) is 72.8 Å². The Kier molecular flexibility index (Phi) is 6.06. The summed E-state index contributed by atoms with van der Waals surface area (Å²) in [5.74, 6) is -0.458. The molecular formula is C22H16ClFO4. The number of hydrogen-bond acceptors (Lipinski definition) is 4. The molecule has 3 aromatic rings. The normalized spacial score (nSPS) is 11.5. The van der Waals surface area contributed by atoms with E-state index in [1.165, 1.54) is 36.4 Å². The van der Waals surface area contributed by atoms with Crippen molar-refractivity contribution in [2.24, 2.45) is 0 Å². The number of benzene rings is 3. The Balaban J connectivity index is 1.61. The van der Waals surface area contributed by atoms with E-state index in [4.69, 9.17) is 21.1 Å². The van der Waals surface area contributed by atoms with Crippen molar-refractivity contribution < 1.29 is 23.5 Å². The fourth-order valence-electron chi connectivity index (χ4n) is 2.41. The summed E-state index contributed by atoms with van der Waals surface area (Å²) >= 11 is 5.81. The first-order valence-electron chi connectivity index (χ1n) is 8.46. The quantitative estimate of drug-likeness (QED) is 0.330. The van der Waals surface area contributed by atoms with Gasteiger partial charge < -0.3 is 9.47 Å². The third-order valence-electron chi connectivity index (χ3n) is 3.90. The van der Waals surface area contributed by atoms with E-state index in [2.05, 4.69) is 0 Å².